The number of carbonyl (C=O) groups is 2. The van der Waals surface area contributed by atoms with Gasteiger partial charge in [0.05, 0.1) is 6.04 Å². The van der Waals surface area contributed by atoms with Crippen LogP contribution in [0.25, 0.3) is 22.7 Å². The van der Waals surface area contributed by atoms with Crippen LogP contribution in [0.2, 0.25) is 0 Å². The van der Waals surface area contributed by atoms with Crippen molar-refractivity contribution in [1.29, 1.82) is 0 Å². The fraction of sp³-hybridized carbons (Fsp3) is 0.348. The first-order valence-electron chi connectivity index (χ1n) is 10.7. The molecule has 178 valence electrons. The summed E-state index contributed by atoms with van der Waals surface area (Å²) in [5.74, 6) is -0.516. The number of aromatic nitrogens is 3. The van der Waals surface area contributed by atoms with Gasteiger partial charge in [-0.2, -0.15) is 0 Å². The standard InChI is InChI=1S/C23H24FN5O5/c1-11(2)19(25)22(30)32-10-18-20(27-23(31)34-18)13-4-6-15(16(24)8-13)14-5-7-17(26-9-14)21-29-28-12(3)33-21/h4-9,11,18-20H,10,25H2,1-3H3,(H,27,31)/t18?,19-,20?/m0/s1. The van der Waals surface area contributed by atoms with Crippen LogP contribution in [0.4, 0.5) is 9.18 Å². The van der Waals surface area contributed by atoms with Gasteiger partial charge in [-0.25, -0.2) is 9.18 Å². The number of alkyl carbamates (subject to hydrolysis) is 1. The number of carbonyl (C=O) groups excluding carboxylic acids is 2. The number of amides is 1. The molecule has 1 aliphatic rings. The van der Waals surface area contributed by atoms with Gasteiger partial charge in [0.2, 0.25) is 5.89 Å². The van der Waals surface area contributed by atoms with Crippen LogP contribution in [-0.2, 0) is 14.3 Å². The number of benzene rings is 1. The third kappa shape index (κ3) is 4.88. The molecule has 3 aromatic rings. The molecule has 2 unspecified atom stereocenters. The number of esters is 1. The molecule has 3 N–H and O–H groups in total. The van der Waals surface area contributed by atoms with Gasteiger partial charge in [-0.3, -0.25) is 9.78 Å². The molecule has 0 bridgehead atoms. The van der Waals surface area contributed by atoms with E-state index in [0.29, 0.717) is 28.3 Å². The monoisotopic (exact) mass is 469 g/mol. The van der Waals surface area contributed by atoms with E-state index in [9.17, 15) is 9.59 Å². The maximum Gasteiger partial charge on any atom is 0.408 e. The van der Waals surface area contributed by atoms with E-state index < -0.39 is 36.1 Å². The Morgan fingerprint density at radius 1 is 1.26 bits per heavy atom. The highest BCUT2D eigenvalue weighted by Crippen LogP contribution is 2.30. The largest absolute Gasteiger partial charge is 0.460 e. The number of rotatable bonds is 7. The van der Waals surface area contributed by atoms with E-state index in [4.69, 9.17) is 19.6 Å². The van der Waals surface area contributed by atoms with Crippen molar-refractivity contribution in [1.82, 2.24) is 20.5 Å². The molecular weight excluding hydrogens is 445 g/mol. The van der Waals surface area contributed by atoms with Crippen molar-refractivity contribution >= 4 is 12.1 Å². The van der Waals surface area contributed by atoms with Gasteiger partial charge in [0.25, 0.3) is 5.89 Å². The van der Waals surface area contributed by atoms with Gasteiger partial charge in [-0.05, 0) is 23.6 Å². The highest BCUT2D eigenvalue weighted by atomic mass is 19.1. The van der Waals surface area contributed by atoms with Crippen LogP contribution in [0.15, 0.2) is 40.9 Å². The summed E-state index contributed by atoms with van der Waals surface area (Å²) in [6.45, 7) is 5.07. The summed E-state index contributed by atoms with van der Waals surface area (Å²) in [6, 6.07) is 6.43. The molecule has 1 amide bonds. The Morgan fingerprint density at radius 3 is 2.68 bits per heavy atom. The Hall–Kier alpha value is -3.86. The maximum absolute atomic E-state index is 15.0. The third-order valence-electron chi connectivity index (χ3n) is 5.46. The van der Waals surface area contributed by atoms with E-state index in [1.165, 1.54) is 12.3 Å². The highest BCUT2D eigenvalue weighted by Gasteiger charge is 2.37. The van der Waals surface area contributed by atoms with Gasteiger partial charge >= 0.3 is 12.1 Å². The molecule has 1 saturated heterocycles. The summed E-state index contributed by atoms with van der Waals surface area (Å²) in [6.07, 6.45) is 0.00721. The fourth-order valence-electron chi connectivity index (χ4n) is 3.46. The highest BCUT2D eigenvalue weighted by molar-refractivity contribution is 5.76. The van der Waals surface area contributed by atoms with Crippen molar-refractivity contribution in [3.05, 3.63) is 53.8 Å². The lowest BCUT2D eigenvalue weighted by atomic mass is 9.98. The predicted molar refractivity (Wildman–Crippen MR) is 118 cm³/mol. The van der Waals surface area contributed by atoms with Crippen molar-refractivity contribution in [2.75, 3.05) is 6.61 Å². The van der Waals surface area contributed by atoms with Crippen molar-refractivity contribution in [2.24, 2.45) is 11.7 Å². The van der Waals surface area contributed by atoms with Gasteiger partial charge in [0.15, 0.2) is 6.10 Å². The number of pyridine rings is 1. The molecule has 3 heterocycles. The fourth-order valence-corrected chi connectivity index (χ4v) is 3.46. The Kier molecular flexibility index (Phi) is 6.55. The second kappa shape index (κ2) is 9.56. The zero-order chi connectivity index (χ0) is 24.4. The van der Waals surface area contributed by atoms with E-state index in [1.54, 1.807) is 45.0 Å². The van der Waals surface area contributed by atoms with Gasteiger partial charge in [-0.15, -0.1) is 10.2 Å². The number of hydrogen-bond acceptors (Lipinski definition) is 9. The summed E-state index contributed by atoms with van der Waals surface area (Å²) in [4.78, 5) is 28.2. The molecule has 2 aromatic heterocycles. The molecule has 0 radical (unpaired) electrons. The minimum absolute atomic E-state index is 0.103. The zero-order valence-corrected chi connectivity index (χ0v) is 18.8. The Bertz CT molecular complexity index is 1200. The van der Waals surface area contributed by atoms with Gasteiger partial charge < -0.3 is 24.9 Å². The number of ether oxygens (including phenoxy) is 2. The van der Waals surface area contributed by atoms with Crippen molar-refractivity contribution in [3.8, 4) is 22.7 Å². The van der Waals surface area contributed by atoms with Crippen LogP contribution in [0.1, 0.15) is 31.3 Å². The van der Waals surface area contributed by atoms with E-state index in [0.717, 1.165) is 0 Å². The molecule has 11 heteroatoms. The Balaban J connectivity index is 1.49. The van der Waals surface area contributed by atoms with Crippen molar-refractivity contribution in [2.45, 2.75) is 39.0 Å². The SMILES string of the molecule is Cc1nnc(-c2ccc(-c3ccc(C4NC(=O)OC4COC(=O)[C@@H](N)C(C)C)cc3F)cn2)o1. The number of cyclic esters (lactones) is 1. The molecule has 10 nitrogen and oxygen atoms in total. The second-order valence-electron chi connectivity index (χ2n) is 8.26. The quantitative estimate of drug-likeness (QED) is 0.499. The van der Waals surface area contributed by atoms with Crippen molar-refractivity contribution in [3.63, 3.8) is 0 Å². The number of nitrogens with zero attached hydrogens (tertiary/aromatic N) is 3. The first-order chi connectivity index (χ1) is 16.2. The molecule has 4 rings (SSSR count). The number of nitrogens with one attached hydrogen (secondary N) is 1. The summed E-state index contributed by atoms with van der Waals surface area (Å²) >= 11 is 0. The predicted octanol–water partition coefficient (Wildman–Crippen LogP) is 2.92. The summed E-state index contributed by atoms with van der Waals surface area (Å²) in [5.41, 5.74) is 7.59. The number of hydrogen-bond donors (Lipinski definition) is 2. The van der Waals surface area contributed by atoms with Crippen LogP contribution in [0.5, 0.6) is 0 Å². The zero-order valence-electron chi connectivity index (χ0n) is 18.8. The normalized spacial score (nSPS) is 18.5. The van der Waals surface area contributed by atoms with Crippen molar-refractivity contribution < 1.29 is 27.9 Å². The molecule has 0 aliphatic carbocycles. The molecule has 1 aromatic carbocycles. The van der Waals surface area contributed by atoms with Gasteiger partial charge in [0, 0.05) is 24.2 Å². The van der Waals surface area contributed by atoms with E-state index in [1.807, 2.05) is 0 Å². The average Bonchev–Trinajstić information content (AvgIpc) is 3.42. The molecule has 1 fully saturated rings. The number of aryl methyl sites for hydroxylation is 1. The molecular formula is C23H24FN5O5. The molecule has 34 heavy (non-hydrogen) atoms. The van der Waals surface area contributed by atoms with E-state index in [2.05, 4.69) is 20.5 Å². The van der Waals surface area contributed by atoms with Gasteiger partial charge in [0.1, 0.15) is 24.2 Å². The Morgan fingerprint density at radius 2 is 2.06 bits per heavy atom. The van der Waals surface area contributed by atoms with Crippen LogP contribution in [0.3, 0.4) is 0 Å². The van der Waals surface area contributed by atoms with Gasteiger partial charge in [-0.1, -0.05) is 32.0 Å². The van der Waals surface area contributed by atoms with E-state index in [-0.39, 0.29) is 18.4 Å². The maximum atomic E-state index is 15.0. The topological polar surface area (TPSA) is 142 Å². The van der Waals surface area contributed by atoms with E-state index >= 15 is 4.39 Å². The minimum atomic E-state index is -0.820. The summed E-state index contributed by atoms with van der Waals surface area (Å²) in [7, 11) is 0. The Labute approximate surface area is 194 Å². The average molecular weight is 469 g/mol. The summed E-state index contributed by atoms with van der Waals surface area (Å²) in [5, 5.41) is 10.3. The molecule has 0 spiro atoms. The second-order valence-corrected chi connectivity index (χ2v) is 8.26. The smallest absolute Gasteiger partial charge is 0.408 e. The minimum Gasteiger partial charge on any atom is -0.460 e. The molecule has 0 saturated carbocycles. The molecule has 3 atom stereocenters. The summed E-state index contributed by atoms with van der Waals surface area (Å²) < 4.78 is 30.8. The lowest BCUT2D eigenvalue weighted by Crippen LogP contribution is -2.39. The van der Waals surface area contributed by atoms with Crippen LogP contribution in [0, 0.1) is 18.7 Å². The van der Waals surface area contributed by atoms with Crippen LogP contribution in [-0.4, -0.2) is 46.0 Å². The lowest BCUT2D eigenvalue weighted by molar-refractivity contribution is -0.149. The van der Waals surface area contributed by atoms with Crippen LogP contribution >= 0.6 is 0 Å². The molecule has 1 aliphatic heterocycles. The van der Waals surface area contributed by atoms with Crippen LogP contribution < -0.4 is 11.1 Å². The first kappa shape index (κ1) is 23.3. The number of nitrogens with two attached hydrogens (primary N) is 1. The third-order valence-corrected chi connectivity index (χ3v) is 5.46. The lowest BCUT2D eigenvalue weighted by Gasteiger charge is -2.20. The number of halogens is 1. The first-order valence-corrected chi connectivity index (χ1v) is 10.7.